The van der Waals surface area contributed by atoms with Gasteiger partial charge in [0.15, 0.2) is 0 Å². The van der Waals surface area contributed by atoms with Crippen LogP contribution in [-0.4, -0.2) is 58.3 Å². The number of hydrogen-bond donors (Lipinski definition) is 1. The largest absolute Gasteiger partial charge is 0.497 e. The van der Waals surface area contributed by atoms with E-state index in [9.17, 15) is 4.79 Å². The monoisotopic (exact) mass is 460 g/mol. The zero-order valence-corrected chi connectivity index (χ0v) is 19.8. The van der Waals surface area contributed by atoms with E-state index in [1.165, 1.54) is 0 Å². The van der Waals surface area contributed by atoms with Crippen molar-refractivity contribution in [1.82, 2.24) is 0 Å². The van der Waals surface area contributed by atoms with E-state index in [4.69, 9.17) is 18.9 Å². The molecule has 0 spiro atoms. The first-order valence-corrected chi connectivity index (χ1v) is 12.0. The number of nitrogens with zero attached hydrogens (tertiary/aromatic N) is 1. The van der Waals surface area contributed by atoms with Crippen LogP contribution >= 0.6 is 11.8 Å². The highest BCUT2D eigenvalue weighted by Crippen LogP contribution is 2.39. The molecular formula is C24H32N2O5S. The van der Waals surface area contributed by atoms with Crippen LogP contribution in [0.5, 0.6) is 17.2 Å². The van der Waals surface area contributed by atoms with Gasteiger partial charge in [-0.05, 0) is 38.1 Å². The lowest BCUT2D eigenvalue weighted by Gasteiger charge is -2.31. The molecule has 8 heteroatoms. The second-order valence-corrected chi connectivity index (χ2v) is 8.27. The minimum absolute atomic E-state index is 0.0615. The van der Waals surface area contributed by atoms with Gasteiger partial charge < -0.3 is 29.2 Å². The van der Waals surface area contributed by atoms with Gasteiger partial charge in [0, 0.05) is 42.3 Å². The molecular weight excluding hydrogens is 428 g/mol. The number of rotatable bonds is 11. The Morgan fingerprint density at radius 3 is 2.41 bits per heavy atom. The minimum atomic E-state index is -0.0615. The molecule has 0 bridgehead atoms. The van der Waals surface area contributed by atoms with E-state index >= 15 is 0 Å². The molecule has 0 unspecified atom stereocenters. The molecule has 1 saturated heterocycles. The SMILES string of the molecule is CCOc1cc(N2CCOCC2)c(OCC)cc1NC(=O)CCSc1ccc(OC)cc1. The van der Waals surface area contributed by atoms with E-state index in [1.54, 1.807) is 18.9 Å². The summed E-state index contributed by atoms with van der Waals surface area (Å²) >= 11 is 1.63. The van der Waals surface area contributed by atoms with Crippen LogP contribution in [0, 0.1) is 0 Å². The molecule has 174 valence electrons. The fourth-order valence-corrected chi connectivity index (χ4v) is 4.24. The maximum Gasteiger partial charge on any atom is 0.225 e. The summed E-state index contributed by atoms with van der Waals surface area (Å²) in [6.45, 7) is 7.87. The first-order chi connectivity index (χ1) is 15.6. The second kappa shape index (κ2) is 12.5. The maximum absolute atomic E-state index is 12.6. The number of ether oxygens (including phenoxy) is 4. The third-order valence-corrected chi connectivity index (χ3v) is 5.96. The highest BCUT2D eigenvalue weighted by Gasteiger charge is 2.20. The van der Waals surface area contributed by atoms with Crippen molar-refractivity contribution in [3.63, 3.8) is 0 Å². The molecule has 1 aliphatic rings. The van der Waals surface area contributed by atoms with Crippen molar-refractivity contribution in [2.45, 2.75) is 25.2 Å². The first-order valence-electron chi connectivity index (χ1n) is 11.0. The van der Waals surface area contributed by atoms with Crippen LogP contribution in [0.2, 0.25) is 0 Å². The molecule has 1 heterocycles. The van der Waals surface area contributed by atoms with Gasteiger partial charge in [-0.15, -0.1) is 11.8 Å². The highest BCUT2D eigenvalue weighted by molar-refractivity contribution is 7.99. The van der Waals surface area contributed by atoms with Gasteiger partial charge in [-0.2, -0.15) is 0 Å². The van der Waals surface area contributed by atoms with Crippen LogP contribution in [0.1, 0.15) is 20.3 Å². The number of amides is 1. The lowest BCUT2D eigenvalue weighted by molar-refractivity contribution is -0.115. The third kappa shape index (κ3) is 6.71. The lowest BCUT2D eigenvalue weighted by Crippen LogP contribution is -2.36. The van der Waals surface area contributed by atoms with Crippen molar-refractivity contribution in [1.29, 1.82) is 0 Å². The molecule has 0 atom stereocenters. The summed E-state index contributed by atoms with van der Waals surface area (Å²) in [5, 5.41) is 3.01. The molecule has 3 rings (SSSR count). The van der Waals surface area contributed by atoms with Gasteiger partial charge >= 0.3 is 0 Å². The van der Waals surface area contributed by atoms with Crippen LogP contribution in [0.15, 0.2) is 41.3 Å². The van der Waals surface area contributed by atoms with E-state index in [1.807, 2.05) is 50.2 Å². The quantitative estimate of drug-likeness (QED) is 0.497. The molecule has 0 radical (unpaired) electrons. The first kappa shape index (κ1) is 24.1. The predicted molar refractivity (Wildman–Crippen MR) is 129 cm³/mol. The van der Waals surface area contributed by atoms with Gasteiger partial charge in [0.1, 0.15) is 17.2 Å². The zero-order valence-electron chi connectivity index (χ0n) is 19.0. The fourth-order valence-electron chi connectivity index (χ4n) is 3.39. The highest BCUT2D eigenvalue weighted by atomic mass is 32.2. The number of thioether (sulfide) groups is 1. The van der Waals surface area contributed by atoms with Crippen LogP contribution in [0.25, 0.3) is 0 Å². The molecule has 0 aromatic heterocycles. The molecule has 2 aromatic carbocycles. The van der Waals surface area contributed by atoms with Gasteiger partial charge in [-0.25, -0.2) is 0 Å². The molecule has 2 aromatic rings. The fraction of sp³-hybridized carbons (Fsp3) is 0.458. The number of benzene rings is 2. The zero-order chi connectivity index (χ0) is 22.8. The Hall–Kier alpha value is -2.58. The molecule has 32 heavy (non-hydrogen) atoms. The Morgan fingerprint density at radius 1 is 1.06 bits per heavy atom. The van der Waals surface area contributed by atoms with Crippen LogP contribution in [0.3, 0.4) is 0 Å². The molecule has 1 amide bonds. The van der Waals surface area contributed by atoms with Crippen LogP contribution in [-0.2, 0) is 9.53 Å². The van der Waals surface area contributed by atoms with Gasteiger partial charge in [-0.1, -0.05) is 0 Å². The summed E-state index contributed by atoms with van der Waals surface area (Å²) in [6, 6.07) is 11.7. The lowest BCUT2D eigenvalue weighted by atomic mass is 10.2. The van der Waals surface area contributed by atoms with E-state index in [-0.39, 0.29) is 5.91 Å². The van der Waals surface area contributed by atoms with E-state index in [2.05, 4.69) is 10.2 Å². The predicted octanol–water partition coefficient (Wildman–Crippen LogP) is 4.45. The van der Waals surface area contributed by atoms with Crippen molar-refractivity contribution >= 4 is 29.0 Å². The average Bonchev–Trinajstić information content (AvgIpc) is 2.82. The van der Waals surface area contributed by atoms with Crippen molar-refractivity contribution in [2.75, 3.05) is 62.6 Å². The number of methoxy groups -OCH3 is 1. The van der Waals surface area contributed by atoms with Crippen molar-refractivity contribution in [3.05, 3.63) is 36.4 Å². The number of morpholine rings is 1. The van der Waals surface area contributed by atoms with Gasteiger partial charge in [0.05, 0.1) is 44.9 Å². The van der Waals surface area contributed by atoms with Crippen LogP contribution < -0.4 is 24.4 Å². The second-order valence-electron chi connectivity index (χ2n) is 7.10. The summed E-state index contributed by atoms with van der Waals surface area (Å²) in [6.07, 6.45) is 0.386. The summed E-state index contributed by atoms with van der Waals surface area (Å²) in [4.78, 5) is 16.0. The average molecular weight is 461 g/mol. The Labute approximate surface area is 194 Å². The summed E-state index contributed by atoms with van der Waals surface area (Å²) < 4.78 is 22.4. The van der Waals surface area contributed by atoms with Gasteiger partial charge in [-0.3, -0.25) is 4.79 Å². The standard InChI is InChI=1S/C24H32N2O5S/c1-4-30-22-17-21(26-11-13-29-14-12-26)23(31-5-2)16-20(22)25-24(27)10-15-32-19-8-6-18(28-3)7-9-19/h6-9,16-17H,4-5,10-15H2,1-3H3,(H,25,27). The molecule has 1 aliphatic heterocycles. The topological polar surface area (TPSA) is 69.3 Å². The Morgan fingerprint density at radius 2 is 1.75 bits per heavy atom. The molecule has 0 aliphatic carbocycles. The molecule has 7 nitrogen and oxygen atoms in total. The molecule has 0 saturated carbocycles. The van der Waals surface area contributed by atoms with Crippen molar-refractivity contribution in [3.8, 4) is 17.2 Å². The Bertz CT molecular complexity index is 869. The van der Waals surface area contributed by atoms with Crippen LogP contribution in [0.4, 0.5) is 11.4 Å². The number of nitrogens with one attached hydrogen (secondary N) is 1. The van der Waals surface area contributed by atoms with E-state index in [0.717, 1.165) is 35.2 Å². The van der Waals surface area contributed by atoms with Gasteiger partial charge in [0.2, 0.25) is 5.91 Å². The summed E-state index contributed by atoms with van der Waals surface area (Å²) in [7, 11) is 1.65. The van der Waals surface area contributed by atoms with E-state index < -0.39 is 0 Å². The third-order valence-electron chi connectivity index (χ3n) is 4.94. The van der Waals surface area contributed by atoms with E-state index in [0.29, 0.717) is 50.0 Å². The van der Waals surface area contributed by atoms with Crippen molar-refractivity contribution in [2.24, 2.45) is 0 Å². The minimum Gasteiger partial charge on any atom is -0.497 e. The smallest absolute Gasteiger partial charge is 0.225 e. The molecule has 1 N–H and O–H groups in total. The molecule has 1 fully saturated rings. The van der Waals surface area contributed by atoms with Crippen molar-refractivity contribution < 1.29 is 23.7 Å². The number of anilines is 2. The summed E-state index contributed by atoms with van der Waals surface area (Å²) in [5.74, 6) is 2.82. The maximum atomic E-state index is 12.6. The Kier molecular flexibility index (Phi) is 9.37. The normalized spacial score (nSPS) is 13.5. The number of carbonyl (C=O) groups is 1. The number of carbonyl (C=O) groups excluding carboxylic acids is 1. The number of hydrogen-bond acceptors (Lipinski definition) is 7. The Balaban J connectivity index is 1.67. The van der Waals surface area contributed by atoms with Gasteiger partial charge in [0.25, 0.3) is 0 Å². The summed E-state index contributed by atoms with van der Waals surface area (Å²) in [5.41, 5.74) is 1.60.